The highest BCUT2D eigenvalue weighted by molar-refractivity contribution is 5.07. The molecule has 0 bridgehead atoms. The van der Waals surface area contributed by atoms with E-state index in [9.17, 15) is 0 Å². The zero-order valence-electron chi connectivity index (χ0n) is 10.7. The lowest BCUT2D eigenvalue weighted by Gasteiger charge is -2.23. The minimum atomic E-state index is 0.377. The molecule has 0 saturated heterocycles. The van der Waals surface area contributed by atoms with E-state index in [1.165, 1.54) is 25.7 Å². The number of methoxy groups -OCH3 is 1. The highest BCUT2D eigenvalue weighted by atomic mass is 16.5. The van der Waals surface area contributed by atoms with Crippen LogP contribution in [0.2, 0.25) is 0 Å². The molecule has 94 valence electrons. The first-order chi connectivity index (χ1) is 7.77. The fourth-order valence-electron chi connectivity index (χ4n) is 2.28. The lowest BCUT2D eigenvalue weighted by Crippen LogP contribution is -2.43. The van der Waals surface area contributed by atoms with E-state index in [-0.39, 0.29) is 0 Å². The second kappa shape index (κ2) is 7.82. The summed E-state index contributed by atoms with van der Waals surface area (Å²) in [6.07, 6.45) is 7.47. The molecule has 2 atom stereocenters. The van der Waals surface area contributed by atoms with Crippen molar-refractivity contribution in [3.05, 3.63) is 11.6 Å². The van der Waals surface area contributed by atoms with Crippen molar-refractivity contribution in [2.45, 2.75) is 38.6 Å². The van der Waals surface area contributed by atoms with Crippen LogP contribution in [-0.4, -0.2) is 32.8 Å². The van der Waals surface area contributed by atoms with Crippen LogP contribution >= 0.6 is 0 Å². The van der Waals surface area contributed by atoms with E-state index in [2.05, 4.69) is 18.3 Å². The van der Waals surface area contributed by atoms with Crippen molar-refractivity contribution in [3.8, 4) is 0 Å². The Kier molecular flexibility index (Phi) is 6.69. The number of nitrogens with two attached hydrogens (primary N) is 1. The summed E-state index contributed by atoms with van der Waals surface area (Å²) >= 11 is 0. The van der Waals surface area contributed by atoms with Gasteiger partial charge in [-0.1, -0.05) is 18.6 Å². The van der Waals surface area contributed by atoms with Crippen LogP contribution in [0, 0.1) is 5.92 Å². The van der Waals surface area contributed by atoms with Gasteiger partial charge < -0.3 is 15.8 Å². The Morgan fingerprint density at radius 1 is 1.56 bits per heavy atom. The Balaban J connectivity index is 2.17. The number of hydrogen-bond donors (Lipinski definition) is 2. The molecule has 3 N–H and O–H groups in total. The van der Waals surface area contributed by atoms with Crippen LogP contribution in [0.25, 0.3) is 0 Å². The maximum atomic E-state index is 5.77. The molecule has 0 aliphatic heterocycles. The first kappa shape index (κ1) is 13.7. The van der Waals surface area contributed by atoms with Crippen LogP contribution in [0.5, 0.6) is 0 Å². The molecular formula is C13H26N2O. The average molecular weight is 226 g/mol. The lowest BCUT2D eigenvalue weighted by atomic mass is 10.0. The zero-order valence-corrected chi connectivity index (χ0v) is 10.7. The zero-order chi connectivity index (χ0) is 11.8. The highest BCUT2D eigenvalue weighted by Gasteiger charge is 2.15. The molecule has 3 heteroatoms. The van der Waals surface area contributed by atoms with Crippen molar-refractivity contribution < 1.29 is 4.74 Å². The molecular weight excluding hydrogens is 200 g/mol. The predicted octanol–water partition coefficient (Wildman–Crippen LogP) is 1.69. The SMILES string of the molecule is COCC(C)C(CN)NCCC1=CCCC1. The molecule has 0 amide bonds. The Bertz CT molecular complexity index is 216. The van der Waals surface area contributed by atoms with E-state index < -0.39 is 0 Å². The van der Waals surface area contributed by atoms with E-state index in [1.54, 1.807) is 12.7 Å². The van der Waals surface area contributed by atoms with Crippen molar-refractivity contribution in [2.75, 3.05) is 26.8 Å². The molecule has 0 aromatic carbocycles. The van der Waals surface area contributed by atoms with Gasteiger partial charge in [0, 0.05) is 19.7 Å². The summed E-state index contributed by atoms with van der Waals surface area (Å²) < 4.78 is 5.16. The molecule has 1 aliphatic rings. The molecule has 0 aromatic heterocycles. The number of nitrogens with one attached hydrogen (secondary N) is 1. The first-order valence-electron chi connectivity index (χ1n) is 6.38. The van der Waals surface area contributed by atoms with Crippen molar-refractivity contribution >= 4 is 0 Å². The average Bonchev–Trinajstić information content (AvgIpc) is 2.77. The summed E-state index contributed by atoms with van der Waals surface area (Å²) in [5.41, 5.74) is 7.38. The van der Waals surface area contributed by atoms with Gasteiger partial charge in [0.15, 0.2) is 0 Å². The van der Waals surface area contributed by atoms with Gasteiger partial charge >= 0.3 is 0 Å². The second-order valence-corrected chi connectivity index (χ2v) is 4.73. The van der Waals surface area contributed by atoms with Gasteiger partial charge in [-0.05, 0) is 38.1 Å². The Morgan fingerprint density at radius 3 is 2.94 bits per heavy atom. The monoisotopic (exact) mass is 226 g/mol. The minimum absolute atomic E-state index is 0.377. The van der Waals surface area contributed by atoms with Crippen LogP contribution < -0.4 is 11.1 Å². The van der Waals surface area contributed by atoms with Gasteiger partial charge in [0.25, 0.3) is 0 Å². The second-order valence-electron chi connectivity index (χ2n) is 4.73. The lowest BCUT2D eigenvalue weighted by molar-refractivity contribution is 0.140. The molecule has 0 saturated carbocycles. The summed E-state index contributed by atoms with van der Waals surface area (Å²) in [4.78, 5) is 0. The number of ether oxygens (including phenoxy) is 1. The topological polar surface area (TPSA) is 47.3 Å². The molecule has 16 heavy (non-hydrogen) atoms. The Morgan fingerprint density at radius 2 is 2.38 bits per heavy atom. The smallest absolute Gasteiger partial charge is 0.0503 e. The van der Waals surface area contributed by atoms with Crippen molar-refractivity contribution in [1.29, 1.82) is 0 Å². The molecule has 0 spiro atoms. The van der Waals surface area contributed by atoms with Crippen molar-refractivity contribution in [1.82, 2.24) is 5.32 Å². The van der Waals surface area contributed by atoms with Gasteiger partial charge in [-0.2, -0.15) is 0 Å². The number of rotatable bonds is 8. The van der Waals surface area contributed by atoms with Gasteiger partial charge in [-0.25, -0.2) is 0 Å². The van der Waals surface area contributed by atoms with E-state index in [0.717, 1.165) is 13.2 Å². The van der Waals surface area contributed by atoms with Gasteiger partial charge in [0.1, 0.15) is 0 Å². The van der Waals surface area contributed by atoms with E-state index in [4.69, 9.17) is 10.5 Å². The molecule has 0 radical (unpaired) electrons. The van der Waals surface area contributed by atoms with Crippen LogP contribution in [-0.2, 0) is 4.74 Å². The van der Waals surface area contributed by atoms with Crippen LogP contribution in [0.1, 0.15) is 32.6 Å². The predicted molar refractivity (Wildman–Crippen MR) is 68.4 cm³/mol. The summed E-state index contributed by atoms with van der Waals surface area (Å²) in [6.45, 7) is 4.69. The standard InChI is InChI=1S/C13H26N2O/c1-11(10-16-2)13(9-14)15-8-7-12-5-3-4-6-12/h5,11,13,15H,3-4,6-10,14H2,1-2H3. The Hall–Kier alpha value is -0.380. The third kappa shape index (κ3) is 4.64. The normalized spacial score (nSPS) is 19.6. The Labute approximate surface area is 99.4 Å². The maximum Gasteiger partial charge on any atom is 0.0503 e. The summed E-state index contributed by atoms with van der Waals surface area (Å²) in [5.74, 6) is 0.479. The molecule has 1 rings (SSSR count). The summed E-state index contributed by atoms with van der Waals surface area (Å²) in [5, 5.41) is 3.54. The molecule has 1 aliphatic carbocycles. The molecule has 0 heterocycles. The summed E-state index contributed by atoms with van der Waals surface area (Å²) in [7, 11) is 1.74. The highest BCUT2D eigenvalue weighted by Crippen LogP contribution is 2.19. The molecule has 0 fully saturated rings. The van der Waals surface area contributed by atoms with E-state index in [0.29, 0.717) is 18.5 Å². The van der Waals surface area contributed by atoms with Crippen LogP contribution in [0.15, 0.2) is 11.6 Å². The van der Waals surface area contributed by atoms with Gasteiger partial charge in [0.2, 0.25) is 0 Å². The number of hydrogen-bond acceptors (Lipinski definition) is 3. The van der Waals surface area contributed by atoms with E-state index >= 15 is 0 Å². The molecule has 2 unspecified atom stereocenters. The summed E-state index contributed by atoms with van der Waals surface area (Å²) in [6, 6.07) is 0.377. The first-order valence-corrected chi connectivity index (χ1v) is 6.38. The fraction of sp³-hybridized carbons (Fsp3) is 0.846. The van der Waals surface area contributed by atoms with Crippen LogP contribution in [0.4, 0.5) is 0 Å². The van der Waals surface area contributed by atoms with E-state index in [1.807, 2.05) is 0 Å². The van der Waals surface area contributed by atoms with Gasteiger partial charge in [-0.15, -0.1) is 0 Å². The third-order valence-electron chi connectivity index (χ3n) is 3.36. The van der Waals surface area contributed by atoms with Crippen molar-refractivity contribution in [2.24, 2.45) is 11.7 Å². The van der Waals surface area contributed by atoms with Gasteiger partial charge in [0.05, 0.1) is 6.61 Å². The van der Waals surface area contributed by atoms with Crippen LogP contribution in [0.3, 0.4) is 0 Å². The fourth-order valence-corrected chi connectivity index (χ4v) is 2.28. The molecule has 0 aromatic rings. The largest absolute Gasteiger partial charge is 0.384 e. The van der Waals surface area contributed by atoms with Crippen molar-refractivity contribution in [3.63, 3.8) is 0 Å². The molecule has 3 nitrogen and oxygen atoms in total. The maximum absolute atomic E-state index is 5.77. The minimum Gasteiger partial charge on any atom is -0.384 e. The quantitative estimate of drug-likeness (QED) is 0.619. The third-order valence-corrected chi connectivity index (χ3v) is 3.36. The number of allylic oxidation sites excluding steroid dienone is 1. The van der Waals surface area contributed by atoms with Gasteiger partial charge in [-0.3, -0.25) is 0 Å².